The van der Waals surface area contributed by atoms with Crippen LogP contribution < -0.4 is 38.1 Å². The Hall–Kier alpha value is -6.71. The third-order valence-electron chi connectivity index (χ3n) is 12.7. The van der Waals surface area contributed by atoms with Gasteiger partial charge in [0.15, 0.2) is 0 Å². The molecule has 0 amide bonds. The topological polar surface area (TPSA) is 29.5 Å². The van der Waals surface area contributed by atoms with Crippen LogP contribution in [0.1, 0.15) is 25.0 Å². The van der Waals surface area contributed by atoms with E-state index in [9.17, 15) is 0 Å². The molecule has 0 saturated carbocycles. The summed E-state index contributed by atoms with van der Waals surface area (Å²) in [5, 5.41) is 7.24. The summed E-state index contributed by atoms with van der Waals surface area (Å²) in [6.45, 7) is 4.36. The quantitative estimate of drug-likeness (QED) is 0.135. The van der Waals surface area contributed by atoms with Gasteiger partial charge in [-0.3, -0.25) is 0 Å². The van der Waals surface area contributed by atoms with Crippen molar-refractivity contribution in [2.24, 2.45) is 0 Å². The fourth-order valence-electron chi connectivity index (χ4n) is 10.1. The molecule has 2 aliphatic heterocycles. The summed E-state index contributed by atoms with van der Waals surface area (Å²) < 4.78 is 14.1. The van der Waals surface area contributed by atoms with Crippen LogP contribution in [0.5, 0.6) is 0 Å². The van der Waals surface area contributed by atoms with Crippen molar-refractivity contribution in [3.63, 3.8) is 0 Å². The zero-order valence-electron chi connectivity index (χ0n) is 31.2. The van der Waals surface area contributed by atoms with Gasteiger partial charge in [-0.2, -0.15) is 0 Å². The summed E-state index contributed by atoms with van der Waals surface area (Å²) in [5.74, 6) is 0. The normalized spacial score (nSPS) is 14.3. The molecule has 2 aromatic heterocycles. The minimum Gasteiger partial charge on any atom is -0.471 e. The van der Waals surface area contributed by atoms with Crippen molar-refractivity contribution < 1.29 is 8.83 Å². The Morgan fingerprint density at radius 3 is 1.55 bits per heavy atom. The number of anilines is 3. The molecule has 0 saturated heterocycles. The average molecular weight is 715 g/mol. The Kier molecular flexibility index (Phi) is 6.58. The molecule has 0 spiro atoms. The second kappa shape index (κ2) is 11.6. The second-order valence-electron chi connectivity index (χ2n) is 16.0. The highest BCUT2D eigenvalue weighted by Crippen LogP contribution is 2.51. The van der Waals surface area contributed by atoms with Gasteiger partial charge >= 0.3 is 0 Å². The van der Waals surface area contributed by atoms with Crippen LogP contribution in [0.4, 0.5) is 17.1 Å². The average Bonchev–Trinajstić information content (AvgIpc) is 3.82. The summed E-state index contributed by atoms with van der Waals surface area (Å²) in [7, 11) is 0. The SMILES string of the molecule is CC1(C)c2ccccc2N(c2ccc(B3c4oc5ccccc5c4B(c4ccc5c(ccc6ccccc65)c4)c4oc5ccccc5c43)cc2)c2ccccc21. The molecule has 3 nitrogen and oxygen atoms in total. The van der Waals surface area contributed by atoms with Crippen LogP contribution in [-0.2, 0) is 5.41 Å². The fourth-order valence-corrected chi connectivity index (χ4v) is 10.1. The van der Waals surface area contributed by atoms with E-state index in [1.165, 1.54) is 65.9 Å². The van der Waals surface area contributed by atoms with Crippen LogP contribution in [-0.4, -0.2) is 13.4 Å². The molecular formula is C51H35B2NO2. The van der Waals surface area contributed by atoms with Crippen LogP contribution in [0, 0.1) is 0 Å². The number of fused-ring (bicyclic) bond motifs is 11. The summed E-state index contributed by atoms with van der Waals surface area (Å²) in [5.41, 5.74) is 14.6. The van der Waals surface area contributed by atoms with Gasteiger partial charge in [0.2, 0.25) is 0 Å². The Bertz CT molecular complexity index is 3150. The first kappa shape index (κ1) is 31.6. The van der Waals surface area contributed by atoms with E-state index in [4.69, 9.17) is 8.83 Å². The zero-order chi connectivity index (χ0) is 37.1. The van der Waals surface area contributed by atoms with E-state index >= 15 is 0 Å². The van der Waals surface area contributed by atoms with Crippen LogP contribution in [0.15, 0.2) is 185 Å². The Balaban J connectivity index is 1.06. The van der Waals surface area contributed by atoms with E-state index in [2.05, 4.69) is 195 Å². The molecule has 262 valence electrons. The number of furan rings is 2. The van der Waals surface area contributed by atoms with E-state index < -0.39 is 0 Å². The molecule has 0 unspecified atom stereocenters. The van der Waals surface area contributed by atoms with Gasteiger partial charge < -0.3 is 13.7 Å². The van der Waals surface area contributed by atoms with Crippen molar-refractivity contribution in [2.75, 3.05) is 4.90 Å². The molecule has 0 bridgehead atoms. The lowest BCUT2D eigenvalue weighted by atomic mass is 9.24. The third-order valence-corrected chi connectivity index (χ3v) is 12.7. The van der Waals surface area contributed by atoms with Crippen LogP contribution in [0.25, 0.3) is 43.5 Å². The van der Waals surface area contributed by atoms with Gasteiger partial charge in [0, 0.05) is 21.9 Å². The predicted molar refractivity (Wildman–Crippen MR) is 236 cm³/mol. The van der Waals surface area contributed by atoms with E-state index in [0.29, 0.717) is 0 Å². The van der Waals surface area contributed by atoms with Gasteiger partial charge in [-0.25, -0.2) is 0 Å². The van der Waals surface area contributed by atoms with Gasteiger partial charge in [0.05, 0.1) is 22.7 Å². The molecule has 0 radical (unpaired) electrons. The lowest BCUT2D eigenvalue weighted by Crippen LogP contribution is -2.73. The van der Waals surface area contributed by atoms with Crippen LogP contribution >= 0.6 is 0 Å². The highest BCUT2D eigenvalue weighted by Gasteiger charge is 2.47. The minimum atomic E-state index is -0.161. The molecule has 12 rings (SSSR count). The third kappa shape index (κ3) is 4.37. The molecule has 0 atom stereocenters. The van der Waals surface area contributed by atoms with Crippen molar-refractivity contribution in [1.82, 2.24) is 0 Å². The van der Waals surface area contributed by atoms with Crippen LogP contribution in [0.3, 0.4) is 0 Å². The number of hydrogen-bond donors (Lipinski definition) is 0. The largest absolute Gasteiger partial charge is 0.471 e. The maximum Gasteiger partial charge on any atom is 0.290 e. The lowest BCUT2D eigenvalue weighted by Gasteiger charge is -2.42. The Labute approximate surface area is 326 Å². The molecule has 2 aliphatic rings. The van der Waals surface area contributed by atoms with Crippen molar-refractivity contribution >= 4 is 107 Å². The second-order valence-corrected chi connectivity index (χ2v) is 16.0. The minimum absolute atomic E-state index is 0.114. The first-order chi connectivity index (χ1) is 27.5. The molecule has 8 aromatic carbocycles. The van der Waals surface area contributed by atoms with Crippen molar-refractivity contribution in [3.05, 3.63) is 187 Å². The standard InChI is InChI=1S/C51H35B2NO2/c1-51(2)41-17-7-9-19-43(41)54(44-20-10-8-18-42(44)51)36-28-25-34(26-29-36)52-47-39-15-5-11-21-45(39)56-50(47)53(48-40-16-6-12-22-46(40)55-49(48)52)35-27-30-38-33(31-35)24-23-32-13-3-4-14-37(32)38/h3-31H,1-2H3. The molecular weight excluding hydrogens is 680 g/mol. The van der Waals surface area contributed by atoms with Crippen molar-refractivity contribution in [2.45, 2.75) is 19.3 Å². The summed E-state index contributed by atoms with van der Waals surface area (Å²) >= 11 is 0. The molecule has 0 fully saturated rings. The molecule has 10 aromatic rings. The van der Waals surface area contributed by atoms with Gasteiger partial charge in [0.25, 0.3) is 13.4 Å². The maximum atomic E-state index is 7.04. The number of nitrogens with zero attached hydrogens (tertiary/aromatic N) is 1. The Morgan fingerprint density at radius 2 is 0.911 bits per heavy atom. The predicted octanol–water partition coefficient (Wildman–Crippen LogP) is 8.94. The van der Waals surface area contributed by atoms with E-state index in [0.717, 1.165) is 38.9 Å². The zero-order valence-corrected chi connectivity index (χ0v) is 31.2. The van der Waals surface area contributed by atoms with Crippen molar-refractivity contribution in [1.29, 1.82) is 0 Å². The van der Waals surface area contributed by atoms with Gasteiger partial charge in [-0.05, 0) is 80.0 Å². The van der Waals surface area contributed by atoms with Gasteiger partial charge in [0.1, 0.15) is 11.2 Å². The molecule has 5 heteroatoms. The number of para-hydroxylation sites is 4. The highest BCUT2D eigenvalue weighted by atomic mass is 16.3. The van der Waals surface area contributed by atoms with Gasteiger partial charge in [-0.1, -0.05) is 164 Å². The van der Waals surface area contributed by atoms with E-state index in [-0.39, 0.29) is 18.8 Å². The molecule has 0 aliphatic carbocycles. The molecule has 56 heavy (non-hydrogen) atoms. The van der Waals surface area contributed by atoms with E-state index in [1.807, 2.05) is 0 Å². The van der Waals surface area contributed by atoms with Gasteiger partial charge in [-0.15, -0.1) is 0 Å². The van der Waals surface area contributed by atoms with Crippen molar-refractivity contribution in [3.8, 4) is 0 Å². The molecule has 4 heterocycles. The first-order valence-corrected chi connectivity index (χ1v) is 19.6. The lowest BCUT2D eigenvalue weighted by molar-refractivity contribution is 0.632. The summed E-state index contributed by atoms with van der Waals surface area (Å²) in [6, 6.07) is 63.9. The summed E-state index contributed by atoms with van der Waals surface area (Å²) in [4.78, 5) is 2.42. The fraction of sp³-hybridized carbons (Fsp3) is 0.0588. The highest BCUT2D eigenvalue weighted by molar-refractivity contribution is 7.12. The first-order valence-electron chi connectivity index (χ1n) is 19.6. The monoisotopic (exact) mass is 715 g/mol. The maximum absolute atomic E-state index is 7.04. The van der Waals surface area contributed by atoms with Crippen LogP contribution in [0.2, 0.25) is 0 Å². The Morgan fingerprint density at radius 1 is 0.429 bits per heavy atom. The smallest absolute Gasteiger partial charge is 0.290 e. The number of benzene rings is 8. The molecule has 0 N–H and O–H groups in total. The van der Waals surface area contributed by atoms with E-state index in [1.54, 1.807) is 0 Å². The summed E-state index contributed by atoms with van der Waals surface area (Å²) in [6.07, 6.45) is 0. The number of hydrogen-bond acceptors (Lipinski definition) is 3. The number of rotatable bonds is 3.